The van der Waals surface area contributed by atoms with Crippen molar-refractivity contribution in [1.29, 1.82) is 0 Å². The summed E-state index contributed by atoms with van der Waals surface area (Å²) < 4.78 is 0. The van der Waals surface area contributed by atoms with Crippen molar-refractivity contribution in [3.05, 3.63) is 78.1 Å². The summed E-state index contributed by atoms with van der Waals surface area (Å²) >= 11 is 0. The second kappa shape index (κ2) is 12.5. The van der Waals surface area contributed by atoms with Crippen LogP contribution in [0.2, 0.25) is 0 Å². The average molecular weight is 472 g/mol. The number of rotatable bonds is 10. The molecule has 1 fully saturated rings. The number of hydrogen-bond donors (Lipinski definition) is 1. The predicted molar refractivity (Wildman–Crippen MR) is 142 cm³/mol. The highest BCUT2D eigenvalue weighted by molar-refractivity contribution is 5.79. The molecule has 0 radical (unpaired) electrons. The molecule has 0 unspecified atom stereocenters. The van der Waals surface area contributed by atoms with Gasteiger partial charge in [-0.3, -0.25) is 9.69 Å². The smallest absolute Gasteiger partial charge is 0.223 e. The van der Waals surface area contributed by atoms with Gasteiger partial charge in [-0.2, -0.15) is 0 Å². The number of anilines is 1. The van der Waals surface area contributed by atoms with Gasteiger partial charge in [-0.1, -0.05) is 61.0 Å². The van der Waals surface area contributed by atoms with Crippen molar-refractivity contribution < 1.29 is 4.79 Å². The zero-order chi connectivity index (χ0) is 24.5. The Morgan fingerprint density at radius 1 is 1.06 bits per heavy atom. The van der Waals surface area contributed by atoms with Crippen LogP contribution in [0, 0.1) is 12.8 Å². The van der Waals surface area contributed by atoms with Gasteiger partial charge in [0.1, 0.15) is 12.1 Å². The lowest BCUT2D eigenvalue weighted by atomic mass is 9.96. The third-order valence-corrected chi connectivity index (χ3v) is 6.80. The van der Waals surface area contributed by atoms with Crippen molar-refractivity contribution in [2.45, 2.75) is 39.7 Å². The first-order valence-electron chi connectivity index (χ1n) is 12.8. The number of nitrogens with one attached hydrogen (secondary N) is 1. The second-order valence-corrected chi connectivity index (χ2v) is 9.39. The molecular weight excluding hydrogens is 434 g/mol. The van der Waals surface area contributed by atoms with E-state index in [1.165, 1.54) is 11.1 Å². The Hall–Kier alpha value is -3.25. The third kappa shape index (κ3) is 7.12. The van der Waals surface area contributed by atoms with Gasteiger partial charge in [0.05, 0.1) is 5.69 Å². The van der Waals surface area contributed by atoms with Crippen LogP contribution < -0.4 is 10.2 Å². The SMILES string of the molecule is CCN(CCCNC(=O)C1CCN(c2cc(-c3cccc(C)c3)ncn2)CC1)Cc1ccccc1. The van der Waals surface area contributed by atoms with E-state index in [9.17, 15) is 4.79 Å². The van der Waals surface area contributed by atoms with Crippen LogP contribution in [0.5, 0.6) is 0 Å². The first kappa shape index (κ1) is 24.9. The Bertz CT molecular complexity index is 1080. The molecule has 35 heavy (non-hydrogen) atoms. The van der Waals surface area contributed by atoms with E-state index >= 15 is 0 Å². The molecule has 0 atom stereocenters. The van der Waals surface area contributed by atoms with E-state index in [1.54, 1.807) is 6.33 Å². The number of amides is 1. The Balaban J connectivity index is 1.20. The fraction of sp³-hybridized carbons (Fsp3) is 0.414. The maximum Gasteiger partial charge on any atom is 0.223 e. The molecule has 1 aliphatic heterocycles. The van der Waals surface area contributed by atoms with Crippen LogP contribution in [0.25, 0.3) is 11.3 Å². The molecule has 0 saturated carbocycles. The highest BCUT2D eigenvalue weighted by Gasteiger charge is 2.25. The minimum absolute atomic E-state index is 0.0796. The predicted octanol–water partition coefficient (Wildman–Crippen LogP) is 4.70. The minimum atomic E-state index is 0.0796. The Labute approximate surface area is 209 Å². The van der Waals surface area contributed by atoms with Crippen molar-refractivity contribution in [2.24, 2.45) is 5.92 Å². The van der Waals surface area contributed by atoms with E-state index in [0.29, 0.717) is 0 Å². The molecule has 0 aliphatic carbocycles. The molecule has 3 aromatic rings. The summed E-state index contributed by atoms with van der Waals surface area (Å²) in [6, 6.07) is 21.0. The van der Waals surface area contributed by atoms with Gasteiger partial charge in [0.25, 0.3) is 0 Å². The molecule has 4 rings (SSSR count). The van der Waals surface area contributed by atoms with Crippen LogP contribution in [0.1, 0.15) is 37.3 Å². The zero-order valence-electron chi connectivity index (χ0n) is 21.0. The van der Waals surface area contributed by atoms with E-state index in [4.69, 9.17) is 0 Å². The summed E-state index contributed by atoms with van der Waals surface area (Å²) in [5.74, 6) is 1.21. The minimum Gasteiger partial charge on any atom is -0.356 e. The highest BCUT2D eigenvalue weighted by Crippen LogP contribution is 2.25. The van der Waals surface area contributed by atoms with E-state index in [0.717, 1.165) is 75.6 Å². The summed E-state index contributed by atoms with van der Waals surface area (Å²) in [6.07, 6.45) is 4.31. The number of carbonyl (C=O) groups excluding carboxylic acids is 1. The number of aromatic nitrogens is 2. The van der Waals surface area contributed by atoms with Gasteiger partial charge in [-0.25, -0.2) is 9.97 Å². The van der Waals surface area contributed by atoms with Gasteiger partial charge >= 0.3 is 0 Å². The summed E-state index contributed by atoms with van der Waals surface area (Å²) in [4.78, 5) is 26.4. The number of piperidine rings is 1. The van der Waals surface area contributed by atoms with E-state index in [1.807, 2.05) is 0 Å². The average Bonchev–Trinajstić information content (AvgIpc) is 2.91. The molecule has 0 bridgehead atoms. The zero-order valence-corrected chi connectivity index (χ0v) is 21.0. The Kier molecular flexibility index (Phi) is 8.85. The topological polar surface area (TPSA) is 61.4 Å². The molecule has 184 valence electrons. The van der Waals surface area contributed by atoms with Crippen LogP contribution in [-0.4, -0.2) is 53.5 Å². The Morgan fingerprint density at radius 2 is 1.86 bits per heavy atom. The first-order valence-corrected chi connectivity index (χ1v) is 12.8. The fourth-order valence-electron chi connectivity index (χ4n) is 4.70. The standard InChI is InChI=1S/C29H37N5O/c1-3-33(21-24-10-5-4-6-11-24)16-8-15-30-29(35)25-13-17-34(18-14-25)28-20-27(31-22-32-28)26-12-7-9-23(2)19-26/h4-7,9-12,19-20,22,25H,3,8,13-18,21H2,1-2H3,(H,30,35). The van der Waals surface area contributed by atoms with Gasteiger partial charge in [0, 0.05) is 50.3 Å². The lowest BCUT2D eigenvalue weighted by molar-refractivity contribution is -0.125. The molecule has 1 N–H and O–H groups in total. The number of carbonyl (C=O) groups is 1. The number of hydrogen-bond acceptors (Lipinski definition) is 5. The van der Waals surface area contributed by atoms with Crippen LogP contribution in [-0.2, 0) is 11.3 Å². The normalized spacial score (nSPS) is 14.3. The second-order valence-electron chi connectivity index (χ2n) is 9.39. The van der Waals surface area contributed by atoms with Crippen molar-refractivity contribution in [3.63, 3.8) is 0 Å². The van der Waals surface area contributed by atoms with Gasteiger partial charge < -0.3 is 10.2 Å². The van der Waals surface area contributed by atoms with Gasteiger partial charge in [-0.05, 0) is 44.4 Å². The van der Waals surface area contributed by atoms with Crippen molar-refractivity contribution in [3.8, 4) is 11.3 Å². The van der Waals surface area contributed by atoms with Crippen LogP contribution in [0.15, 0.2) is 67.0 Å². The van der Waals surface area contributed by atoms with E-state index < -0.39 is 0 Å². The number of aryl methyl sites for hydroxylation is 1. The molecular formula is C29H37N5O. The maximum absolute atomic E-state index is 12.7. The summed E-state index contributed by atoms with van der Waals surface area (Å²) in [5.41, 5.74) is 4.59. The van der Waals surface area contributed by atoms with Crippen LogP contribution in [0.4, 0.5) is 5.82 Å². The van der Waals surface area contributed by atoms with E-state index in [-0.39, 0.29) is 11.8 Å². The van der Waals surface area contributed by atoms with Crippen molar-refractivity contribution in [1.82, 2.24) is 20.2 Å². The van der Waals surface area contributed by atoms with Gasteiger partial charge in [0.15, 0.2) is 0 Å². The molecule has 1 aromatic heterocycles. The monoisotopic (exact) mass is 471 g/mol. The largest absolute Gasteiger partial charge is 0.356 e. The van der Waals surface area contributed by atoms with E-state index in [2.05, 4.69) is 99.6 Å². The van der Waals surface area contributed by atoms with Crippen LogP contribution in [0.3, 0.4) is 0 Å². The molecule has 1 amide bonds. The quantitative estimate of drug-likeness (QED) is 0.435. The highest BCUT2D eigenvalue weighted by atomic mass is 16.1. The molecule has 1 aliphatic rings. The Morgan fingerprint density at radius 3 is 2.60 bits per heavy atom. The molecule has 2 heterocycles. The maximum atomic E-state index is 12.7. The number of benzene rings is 2. The lowest BCUT2D eigenvalue weighted by Crippen LogP contribution is -2.41. The lowest BCUT2D eigenvalue weighted by Gasteiger charge is -2.32. The fourth-order valence-corrected chi connectivity index (χ4v) is 4.70. The molecule has 6 heteroatoms. The number of nitrogens with zero attached hydrogens (tertiary/aromatic N) is 4. The third-order valence-electron chi connectivity index (χ3n) is 6.80. The molecule has 2 aromatic carbocycles. The molecule has 1 saturated heterocycles. The summed E-state index contributed by atoms with van der Waals surface area (Å²) in [6.45, 7) is 9.64. The van der Waals surface area contributed by atoms with Crippen molar-refractivity contribution >= 4 is 11.7 Å². The summed E-state index contributed by atoms with van der Waals surface area (Å²) in [5, 5.41) is 3.18. The van der Waals surface area contributed by atoms with Gasteiger partial charge in [-0.15, -0.1) is 0 Å². The summed E-state index contributed by atoms with van der Waals surface area (Å²) in [7, 11) is 0. The van der Waals surface area contributed by atoms with Gasteiger partial charge in [0.2, 0.25) is 5.91 Å². The molecule has 6 nitrogen and oxygen atoms in total. The van der Waals surface area contributed by atoms with Crippen LogP contribution >= 0.6 is 0 Å². The first-order chi connectivity index (χ1) is 17.1. The van der Waals surface area contributed by atoms with Crippen molar-refractivity contribution in [2.75, 3.05) is 37.6 Å². The molecule has 0 spiro atoms.